The summed E-state index contributed by atoms with van der Waals surface area (Å²) in [4.78, 5) is 14.3. The summed E-state index contributed by atoms with van der Waals surface area (Å²) in [6.07, 6.45) is 3.44. The predicted octanol–water partition coefficient (Wildman–Crippen LogP) is 1.22. The van der Waals surface area contributed by atoms with Crippen LogP contribution in [0.25, 0.3) is 0 Å². The van der Waals surface area contributed by atoms with Crippen LogP contribution in [0.5, 0.6) is 0 Å². The maximum atomic E-state index is 11.9. The second-order valence-electron chi connectivity index (χ2n) is 5.65. The molecular weight excluding hydrogens is 226 g/mol. The number of carbonyl (C=O) groups is 1. The van der Waals surface area contributed by atoms with Crippen LogP contribution in [0.15, 0.2) is 0 Å². The zero-order valence-corrected chi connectivity index (χ0v) is 12.2. The Morgan fingerprint density at radius 3 is 2.61 bits per heavy atom. The largest absolute Gasteiger partial charge is 0.355 e. The van der Waals surface area contributed by atoms with Crippen molar-refractivity contribution in [3.8, 4) is 0 Å². The highest BCUT2D eigenvalue weighted by molar-refractivity contribution is 5.78. The third kappa shape index (κ3) is 5.83. The number of rotatable bonds is 7. The Hall–Kier alpha value is -0.610. The molecule has 0 bridgehead atoms. The lowest BCUT2D eigenvalue weighted by molar-refractivity contribution is -0.123. The van der Waals surface area contributed by atoms with E-state index in [0.717, 1.165) is 45.4 Å². The molecule has 0 saturated carbocycles. The van der Waals surface area contributed by atoms with Crippen molar-refractivity contribution < 1.29 is 4.79 Å². The van der Waals surface area contributed by atoms with Crippen LogP contribution in [0.1, 0.15) is 40.0 Å². The molecule has 0 atom stereocenters. The number of amides is 1. The minimum atomic E-state index is 0.177. The molecule has 0 radical (unpaired) electrons. The fourth-order valence-corrected chi connectivity index (χ4v) is 2.41. The van der Waals surface area contributed by atoms with E-state index in [2.05, 4.69) is 36.3 Å². The molecule has 1 rings (SSSR count). The molecule has 1 fully saturated rings. The smallest absolute Gasteiger partial charge is 0.234 e. The van der Waals surface area contributed by atoms with Crippen LogP contribution in [-0.2, 0) is 4.79 Å². The molecule has 1 saturated heterocycles. The van der Waals surface area contributed by atoms with Gasteiger partial charge in [0.05, 0.1) is 6.54 Å². The number of nitrogens with zero attached hydrogens (tertiary/aromatic N) is 1. The molecule has 106 valence electrons. The first kappa shape index (κ1) is 15.4. The van der Waals surface area contributed by atoms with Gasteiger partial charge in [0, 0.05) is 12.6 Å². The molecule has 4 heteroatoms. The van der Waals surface area contributed by atoms with Gasteiger partial charge in [0.25, 0.3) is 0 Å². The van der Waals surface area contributed by atoms with E-state index in [1.54, 1.807) is 0 Å². The molecule has 1 aliphatic rings. The standard InChI is InChI=1S/C14H29N3O/c1-4-9-17(13-5-7-15-8-6-13)11-14(18)16-10-12(2)3/h12-13,15H,4-11H2,1-3H3,(H,16,18). The molecular formula is C14H29N3O. The lowest BCUT2D eigenvalue weighted by atomic mass is 10.0. The zero-order valence-electron chi connectivity index (χ0n) is 12.2. The quantitative estimate of drug-likeness (QED) is 0.719. The van der Waals surface area contributed by atoms with E-state index in [4.69, 9.17) is 0 Å². The van der Waals surface area contributed by atoms with Gasteiger partial charge in [-0.05, 0) is 44.8 Å². The van der Waals surface area contributed by atoms with Crippen molar-refractivity contribution in [2.75, 3.05) is 32.7 Å². The highest BCUT2D eigenvalue weighted by Crippen LogP contribution is 2.11. The summed E-state index contributed by atoms with van der Waals surface area (Å²) in [6, 6.07) is 0.580. The summed E-state index contributed by atoms with van der Waals surface area (Å²) in [5, 5.41) is 6.39. The van der Waals surface area contributed by atoms with E-state index in [1.807, 2.05) is 0 Å². The summed E-state index contributed by atoms with van der Waals surface area (Å²) in [5.74, 6) is 0.697. The van der Waals surface area contributed by atoms with Gasteiger partial charge in [-0.2, -0.15) is 0 Å². The van der Waals surface area contributed by atoms with Crippen LogP contribution < -0.4 is 10.6 Å². The lowest BCUT2D eigenvalue weighted by Crippen LogP contribution is -2.47. The lowest BCUT2D eigenvalue weighted by Gasteiger charge is -2.34. The molecule has 0 spiro atoms. The van der Waals surface area contributed by atoms with Gasteiger partial charge >= 0.3 is 0 Å². The second kappa shape index (κ2) is 8.48. The molecule has 0 aromatic rings. The molecule has 0 aromatic heterocycles. The van der Waals surface area contributed by atoms with E-state index in [-0.39, 0.29) is 5.91 Å². The van der Waals surface area contributed by atoms with Crippen LogP contribution in [0.3, 0.4) is 0 Å². The summed E-state index contributed by atoms with van der Waals surface area (Å²) in [5.41, 5.74) is 0. The molecule has 4 nitrogen and oxygen atoms in total. The molecule has 1 heterocycles. The Labute approximate surface area is 111 Å². The fraction of sp³-hybridized carbons (Fsp3) is 0.929. The van der Waals surface area contributed by atoms with Crippen LogP contribution in [0, 0.1) is 5.92 Å². The summed E-state index contributed by atoms with van der Waals surface area (Å²) in [7, 11) is 0. The van der Waals surface area contributed by atoms with Crippen molar-refractivity contribution in [3.05, 3.63) is 0 Å². The Balaban J connectivity index is 2.38. The van der Waals surface area contributed by atoms with Gasteiger partial charge in [-0.3, -0.25) is 9.69 Å². The van der Waals surface area contributed by atoms with E-state index >= 15 is 0 Å². The maximum absolute atomic E-state index is 11.9. The van der Waals surface area contributed by atoms with Gasteiger partial charge in [0.15, 0.2) is 0 Å². The highest BCUT2D eigenvalue weighted by Gasteiger charge is 2.22. The average molecular weight is 255 g/mol. The number of nitrogens with one attached hydrogen (secondary N) is 2. The van der Waals surface area contributed by atoms with E-state index < -0.39 is 0 Å². The van der Waals surface area contributed by atoms with Crippen molar-refractivity contribution in [3.63, 3.8) is 0 Å². The molecule has 0 aromatic carbocycles. The summed E-state index contributed by atoms with van der Waals surface area (Å²) in [6.45, 7) is 11.0. The monoisotopic (exact) mass is 255 g/mol. The molecule has 0 aliphatic carbocycles. The predicted molar refractivity (Wildman–Crippen MR) is 75.6 cm³/mol. The van der Waals surface area contributed by atoms with Crippen molar-refractivity contribution >= 4 is 5.91 Å². The third-order valence-corrected chi connectivity index (χ3v) is 3.39. The Bertz CT molecular complexity index is 237. The molecule has 2 N–H and O–H groups in total. The van der Waals surface area contributed by atoms with E-state index in [0.29, 0.717) is 18.5 Å². The number of piperidine rings is 1. The summed E-state index contributed by atoms with van der Waals surface area (Å²) < 4.78 is 0. The van der Waals surface area contributed by atoms with Gasteiger partial charge in [0.1, 0.15) is 0 Å². The molecule has 18 heavy (non-hydrogen) atoms. The minimum Gasteiger partial charge on any atom is -0.355 e. The van der Waals surface area contributed by atoms with E-state index in [9.17, 15) is 4.79 Å². The Morgan fingerprint density at radius 1 is 1.39 bits per heavy atom. The number of hydrogen-bond donors (Lipinski definition) is 2. The highest BCUT2D eigenvalue weighted by atomic mass is 16.2. The van der Waals surface area contributed by atoms with Gasteiger partial charge in [-0.15, -0.1) is 0 Å². The first-order chi connectivity index (χ1) is 8.63. The number of carbonyl (C=O) groups excluding carboxylic acids is 1. The van der Waals surface area contributed by atoms with Gasteiger partial charge in [-0.25, -0.2) is 0 Å². The average Bonchev–Trinajstić information content (AvgIpc) is 2.37. The van der Waals surface area contributed by atoms with Gasteiger partial charge in [-0.1, -0.05) is 20.8 Å². The maximum Gasteiger partial charge on any atom is 0.234 e. The second-order valence-corrected chi connectivity index (χ2v) is 5.65. The summed E-state index contributed by atoms with van der Waals surface area (Å²) >= 11 is 0. The SMILES string of the molecule is CCCN(CC(=O)NCC(C)C)C1CCNCC1. The van der Waals surface area contributed by atoms with Crippen molar-refractivity contribution in [2.45, 2.75) is 46.1 Å². The van der Waals surface area contributed by atoms with Crippen LogP contribution in [0.2, 0.25) is 0 Å². The van der Waals surface area contributed by atoms with Gasteiger partial charge < -0.3 is 10.6 Å². The normalized spacial score (nSPS) is 17.4. The van der Waals surface area contributed by atoms with E-state index in [1.165, 1.54) is 0 Å². The minimum absolute atomic E-state index is 0.177. The molecule has 1 amide bonds. The third-order valence-electron chi connectivity index (χ3n) is 3.39. The van der Waals surface area contributed by atoms with Crippen LogP contribution in [0.4, 0.5) is 0 Å². The zero-order chi connectivity index (χ0) is 13.4. The first-order valence-corrected chi connectivity index (χ1v) is 7.35. The Kier molecular flexibility index (Phi) is 7.28. The van der Waals surface area contributed by atoms with Crippen molar-refractivity contribution in [1.82, 2.24) is 15.5 Å². The van der Waals surface area contributed by atoms with Crippen molar-refractivity contribution in [2.24, 2.45) is 5.92 Å². The Morgan fingerprint density at radius 2 is 2.06 bits per heavy atom. The fourth-order valence-electron chi connectivity index (χ4n) is 2.41. The molecule has 1 aliphatic heterocycles. The van der Waals surface area contributed by atoms with Crippen LogP contribution in [-0.4, -0.2) is 49.6 Å². The number of hydrogen-bond acceptors (Lipinski definition) is 3. The van der Waals surface area contributed by atoms with Gasteiger partial charge in [0.2, 0.25) is 5.91 Å². The first-order valence-electron chi connectivity index (χ1n) is 7.35. The van der Waals surface area contributed by atoms with Crippen LogP contribution >= 0.6 is 0 Å². The van der Waals surface area contributed by atoms with Crippen molar-refractivity contribution in [1.29, 1.82) is 0 Å². The topological polar surface area (TPSA) is 44.4 Å². The molecule has 0 unspecified atom stereocenters.